The van der Waals surface area contributed by atoms with E-state index in [9.17, 15) is 4.79 Å². The minimum Gasteiger partial charge on any atom is -0.403 e. The molecular formula is C16H10ClN5O3. The Kier molecular flexibility index (Phi) is 3.79. The maximum Gasteiger partial charge on any atom is 0.439 e. The topological polar surface area (TPSA) is 110 Å². The molecule has 2 aromatic carbocycles. The van der Waals surface area contributed by atoms with E-state index in [1.54, 1.807) is 48.5 Å². The zero-order valence-electron chi connectivity index (χ0n) is 12.6. The summed E-state index contributed by atoms with van der Waals surface area (Å²) in [5.41, 5.74) is 2.22. The molecule has 0 radical (unpaired) electrons. The first-order valence-electron chi connectivity index (χ1n) is 7.20. The highest BCUT2D eigenvalue weighted by Gasteiger charge is 2.09. The average Bonchev–Trinajstić information content (AvgIpc) is 3.26. The predicted octanol–water partition coefficient (Wildman–Crippen LogP) is 3.48. The smallest absolute Gasteiger partial charge is 0.403 e. The Morgan fingerprint density at radius 2 is 1.68 bits per heavy atom. The number of halogens is 1. The molecule has 9 heteroatoms. The Hall–Kier alpha value is -3.39. The maximum absolute atomic E-state index is 11.0. The van der Waals surface area contributed by atoms with Crippen LogP contribution in [0, 0.1) is 0 Å². The summed E-state index contributed by atoms with van der Waals surface area (Å²) in [6.45, 7) is 0. The van der Waals surface area contributed by atoms with Gasteiger partial charge in [0.15, 0.2) is 5.82 Å². The molecule has 124 valence electrons. The summed E-state index contributed by atoms with van der Waals surface area (Å²) in [5.74, 6) is 0.146. The third-order valence-electron chi connectivity index (χ3n) is 3.37. The van der Waals surface area contributed by atoms with Gasteiger partial charge in [0.25, 0.3) is 0 Å². The van der Waals surface area contributed by atoms with Crippen molar-refractivity contribution in [1.82, 2.24) is 20.3 Å². The highest BCUT2D eigenvalue weighted by molar-refractivity contribution is 6.30. The van der Waals surface area contributed by atoms with Crippen LogP contribution in [0.3, 0.4) is 0 Å². The number of nitrogens with one attached hydrogen (secondary N) is 2. The average molecular weight is 356 g/mol. The molecule has 8 nitrogen and oxygen atoms in total. The minimum absolute atomic E-state index is 0.257. The quantitative estimate of drug-likeness (QED) is 0.576. The standard InChI is InChI=1S/C16H10ClN5O3/c17-11-5-1-10(2-6-11)14-20-21-15(24-14)18-12-7-3-9(4-8-12)13-19-16(23)25-22-13/h1-8H,(H,18,21)(H,19,22,23). The number of aromatic nitrogens is 4. The van der Waals surface area contributed by atoms with Gasteiger partial charge in [-0.3, -0.25) is 9.51 Å². The van der Waals surface area contributed by atoms with Crippen LogP contribution in [0.4, 0.5) is 11.7 Å². The monoisotopic (exact) mass is 355 g/mol. The van der Waals surface area contributed by atoms with E-state index < -0.39 is 5.76 Å². The lowest BCUT2D eigenvalue weighted by molar-refractivity contribution is 0.388. The largest absolute Gasteiger partial charge is 0.439 e. The second-order valence-electron chi connectivity index (χ2n) is 5.07. The molecule has 2 N–H and O–H groups in total. The summed E-state index contributed by atoms with van der Waals surface area (Å²) < 4.78 is 10.1. The Bertz CT molecular complexity index is 1050. The van der Waals surface area contributed by atoms with Crippen molar-refractivity contribution in [1.29, 1.82) is 0 Å². The van der Waals surface area contributed by atoms with Crippen molar-refractivity contribution in [3.05, 3.63) is 64.1 Å². The molecule has 4 rings (SSSR count). The molecule has 0 aliphatic rings. The minimum atomic E-state index is -0.599. The van der Waals surface area contributed by atoms with Gasteiger partial charge in [0, 0.05) is 21.8 Å². The van der Waals surface area contributed by atoms with E-state index in [1.165, 1.54) is 0 Å². The molecule has 0 aliphatic heterocycles. The van der Waals surface area contributed by atoms with Crippen molar-refractivity contribution in [2.75, 3.05) is 5.32 Å². The first-order valence-corrected chi connectivity index (χ1v) is 7.58. The molecule has 0 saturated heterocycles. The first-order chi connectivity index (χ1) is 12.2. The number of hydrogen-bond donors (Lipinski definition) is 2. The van der Waals surface area contributed by atoms with Crippen molar-refractivity contribution in [3.8, 4) is 22.8 Å². The maximum atomic E-state index is 11.0. The summed E-state index contributed by atoms with van der Waals surface area (Å²) in [7, 11) is 0. The second kappa shape index (κ2) is 6.25. The second-order valence-corrected chi connectivity index (χ2v) is 5.50. The SMILES string of the molecule is O=c1[nH]c(-c2ccc(Nc3nnc(-c4ccc(Cl)cc4)o3)cc2)no1. The van der Waals surface area contributed by atoms with Crippen LogP contribution in [0.1, 0.15) is 0 Å². The van der Waals surface area contributed by atoms with Gasteiger partial charge in [0.1, 0.15) is 0 Å². The summed E-state index contributed by atoms with van der Waals surface area (Å²) in [6, 6.07) is 14.5. The van der Waals surface area contributed by atoms with Gasteiger partial charge in [0.2, 0.25) is 5.89 Å². The molecule has 2 heterocycles. The Morgan fingerprint density at radius 3 is 2.36 bits per heavy atom. The van der Waals surface area contributed by atoms with Crippen LogP contribution in [0.25, 0.3) is 22.8 Å². The Balaban J connectivity index is 1.51. The Morgan fingerprint density at radius 1 is 0.960 bits per heavy atom. The molecule has 0 aliphatic carbocycles. The van der Waals surface area contributed by atoms with E-state index >= 15 is 0 Å². The van der Waals surface area contributed by atoms with Gasteiger partial charge in [-0.1, -0.05) is 21.9 Å². The molecule has 0 unspecified atom stereocenters. The highest BCUT2D eigenvalue weighted by Crippen LogP contribution is 2.24. The van der Waals surface area contributed by atoms with Crippen LogP contribution in [0.5, 0.6) is 0 Å². The van der Waals surface area contributed by atoms with Crippen LogP contribution >= 0.6 is 11.6 Å². The molecule has 0 atom stereocenters. The number of H-pyrrole nitrogens is 1. The molecular weight excluding hydrogens is 346 g/mol. The Labute approximate surface area is 145 Å². The van der Waals surface area contributed by atoms with E-state index in [0.29, 0.717) is 22.3 Å². The van der Waals surface area contributed by atoms with Gasteiger partial charge in [-0.2, -0.15) is 0 Å². The fourth-order valence-corrected chi connectivity index (χ4v) is 2.30. The van der Waals surface area contributed by atoms with E-state index in [2.05, 4.69) is 30.2 Å². The van der Waals surface area contributed by atoms with Crippen LogP contribution in [0.2, 0.25) is 5.02 Å². The summed E-state index contributed by atoms with van der Waals surface area (Å²) in [5, 5.41) is 15.2. The summed E-state index contributed by atoms with van der Waals surface area (Å²) in [6.07, 6.45) is 0. The number of benzene rings is 2. The number of hydrogen-bond acceptors (Lipinski definition) is 7. The van der Waals surface area contributed by atoms with Gasteiger partial charge < -0.3 is 9.73 Å². The van der Waals surface area contributed by atoms with Crippen molar-refractivity contribution in [3.63, 3.8) is 0 Å². The fourth-order valence-electron chi connectivity index (χ4n) is 2.17. The van der Waals surface area contributed by atoms with Gasteiger partial charge in [-0.25, -0.2) is 4.79 Å². The lowest BCUT2D eigenvalue weighted by atomic mass is 10.2. The molecule has 0 amide bonds. The van der Waals surface area contributed by atoms with Crippen molar-refractivity contribution in [2.24, 2.45) is 0 Å². The van der Waals surface area contributed by atoms with Crippen LogP contribution in [0.15, 0.2) is 62.3 Å². The number of rotatable bonds is 4. The van der Waals surface area contributed by atoms with E-state index in [0.717, 1.165) is 11.3 Å². The van der Waals surface area contributed by atoms with Gasteiger partial charge in [-0.15, -0.1) is 5.10 Å². The lowest BCUT2D eigenvalue weighted by Crippen LogP contribution is -1.95. The van der Waals surface area contributed by atoms with E-state index in [-0.39, 0.29) is 6.01 Å². The zero-order valence-corrected chi connectivity index (χ0v) is 13.3. The number of anilines is 2. The molecule has 2 aromatic heterocycles. The van der Waals surface area contributed by atoms with Crippen molar-refractivity contribution in [2.45, 2.75) is 0 Å². The normalized spacial score (nSPS) is 10.8. The van der Waals surface area contributed by atoms with Crippen LogP contribution in [-0.4, -0.2) is 20.3 Å². The number of nitrogens with zero attached hydrogens (tertiary/aromatic N) is 3. The third-order valence-corrected chi connectivity index (χ3v) is 3.62. The van der Waals surface area contributed by atoms with E-state index in [4.69, 9.17) is 16.0 Å². The first kappa shape index (κ1) is 15.2. The van der Waals surface area contributed by atoms with Crippen molar-refractivity contribution >= 4 is 23.3 Å². The van der Waals surface area contributed by atoms with Crippen LogP contribution < -0.4 is 11.1 Å². The molecule has 0 spiro atoms. The summed E-state index contributed by atoms with van der Waals surface area (Å²) >= 11 is 5.86. The number of aromatic amines is 1. The zero-order chi connectivity index (χ0) is 17.2. The summed E-state index contributed by atoms with van der Waals surface area (Å²) in [4.78, 5) is 13.5. The predicted molar refractivity (Wildman–Crippen MR) is 90.6 cm³/mol. The van der Waals surface area contributed by atoms with Gasteiger partial charge >= 0.3 is 11.8 Å². The molecule has 0 bridgehead atoms. The van der Waals surface area contributed by atoms with Crippen LogP contribution in [-0.2, 0) is 0 Å². The van der Waals surface area contributed by atoms with E-state index in [1.807, 2.05) is 0 Å². The molecule has 0 fully saturated rings. The lowest BCUT2D eigenvalue weighted by Gasteiger charge is -2.01. The van der Waals surface area contributed by atoms with Crippen molar-refractivity contribution < 1.29 is 8.94 Å². The molecule has 0 saturated carbocycles. The fraction of sp³-hybridized carbons (Fsp3) is 0. The molecule has 4 aromatic rings. The van der Waals surface area contributed by atoms with Gasteiger partial charge in [-0.05, 0) is 48.5 Å². The molecule has 25 heavy (non-hydrogen) atoms. The van der Waals surface area contributed by atoms with Gasteiger partial charge in [0.05, 0.1) is 0 Å². The third kappa shape index (κ3) is 3.29. The highest BCUT2D eigenvalue weighted by atomic mass is 35.5.